The Kier molecular flexibility index (Phi) is 15.6. The minimum atomic E-state index is -0.769. The predicted octanol–water partition coefficient (Wildman–Crippen LogP) is 13.4. The molecule has 0 radical (unpaired) electrons. The zero-order valence-electron chi connectivity index (χ0n) is 48.6. The molecule has 0 aromatic carbocycles. The molecule has 0 saturated carbocycles. The summed E-state index contributed by atoms with van der Waals surface area (Å²) >= 11 is 0. The number of rotatable bonds is 10. The molecule has 15 heterocycles. The van der Waals surface area contributed by atoms with Crippen LogP contribution in [0.4, 0.5) is 0 Å². The van der Waals surface area contributed by atoms with Gasteiger partial charge in [-0.1, -0.05) is 32.8 Å². The van der Waals surface area contributed by atoms with Crippen molar-refractivity contribution in [3.63, 3.8) is 0 Å². The van der Waals surface area contributed by atoms with Crippen molar-refractivity contribution in [1.29, 1.82) is 0 Å². The fraction of sp³-hybridized carbons (Fsp3) is 0.152. The first-order valence-electron chi connectivity index (χ1n) is 27.8. The van der Waals surface area contributed by atoms with E-state index in [4.69, 9.17) is 18.1 Å². The number of H-pyrrole nitrogens is 4. The molecule has 15 aromatic heterocycles. The highest BCUT2D eigenvalue weighted by molar-refractivity contribution is 6.16. The number of aliphatic hydroxyl groups is 1. The van der Waals surface area contributed by atoms with Crippen LogP contribution in [0.15, 0.2) is 172 Å². The Balaban J connectivity index is 0.000000114. The van der Waals surface area contributed by atoms with Gasteiger partial charge in [-0.05, 0) is 121 Å². The molecular weight excluding hydrogens is 1100 g/mol. The highest BCUT2D eigenvalue weighted by atomic mass is 16.5. The van der Waals surface area contributed by atoms with E-state index in [-0.39, 0.29) is 5.78 Å². The van der Waals surface area contributed by atoms with Crippen molar-refractivity contribution >= 4 is 49.9 Å². The molecule has 0 aliphatic rings. The van der Waals surface area contributed by atoms with Gasteiger partial charge in [0.15, 0.2) is 5.78 Å². The normalized spacial score (nSPS) is 11.6. The minimum Gasteiger partial charge on any atom is -0.384 e. The van der Waals surface area contributed by atoms with Gasteiger partial charge in [0, 0.05) is 181 Å². The van der Waals surface area contributed by atoms with E-state index in [9.17, 15) is 9.90 Å². The number of carbonyl (C=O) groups excluding carboxylic acids is 1. The lowest BCUT2D eigenvalue weighted by Crippen LogP contribution is -2.00. The van der Waals surface area contributed by atoms with Gasteiger partial charge in [0.2, 0.25) is 0 Å². The number of hydrogen-bond acceptors (Lipinski definition) is 17. The van der Waals surface area contributed by atoms with Crippen LogP contribution in [-0.4, -0.2) is 86.3 Å². The second-order valence-corrected chi connectivity index (χ2v) is 20.9. The van der Waals surface area contributed by atoms with Crippen LogP contribution < -0.4 is 0 Å². The Morgan fingerprint density at radius 1 is 0.483 bits per heavy atom. The molecule has 87 heavy (non-hydrogen) atoms. The molecule has 5 N–H and O–H groups in total. The average molecular weight is 1160 g/mol. The van der Waals surface area contributed by atoms with Crippen LogP contribution in [0.2, 0.25) is 0 Å². The van der Waals surface area contributed by atoms with Gasteiger partial charge in [-0.2, -0.15) is 0 Å². The van der Waals surface area contributed by atoms with Crippen molar-refractivity contribution in [2.24, 2.45) is 0 Å². The summed E-state index contributed by atoms with van der Waals surface area (Å²) in [4.78, 5) is 55.2. The van der Waals surface area contributed by atoms with Gasteiger partial charge in [0.25, 0.3) is 0 Å². The zero-order chi connectivity index (χ0) is 60.3. The number of aliphatic hydroxyl groups excluding tert-OH is 1. The molecule has 1 atom stereocenters. The van der Waals surface area contributed by atoms with Gasteiger partial charge in [0.05, 0.1) is 22.8 Å². The molecule has 432 valence electrons. The standard InChI is InChI=1S/C18H16N4O2.C18H14N4O2.C18H16N4O.C12H11N3O/c2*1-10-16(11(2)24-22-10)13-6-14-15(9-21-18(14)20-8-13)17(23)12-4-3-5-19-7-12;1-11-17(12(2)23-22-11)15-7-16-14(9-20-18(16)21-10-15)6-13-4-3-5-19-8-13;1-7-11(8(2)16-15-7)10-5-9-3-4-13-12(9)14-6-10/h3-9,17,23H,1-2H3,(H,20,21);3-9H,1-2H3,(H,20,21);3-5,7-10H,6H2,1-2H3,(H,20,21);3-6H,1-2H3,(H,13,14). The predicted molar refractivity (Wildman–Crippen MR) is 327 cm³/mol. The number of nitrogens with zero attached hydrogens (tertiary/aromatic N) is 11. The van der Waals surface area contributed by atoms with Gasteiger partial charge in [-0.15, -0.1) is 0 Å². The Morgan fingerprint density at radius 3 is 1.47 bits per heavy atom. The molecule has 21 heteroatoms. The molecule has 0 fully saturated rings. The van der Waals surface area contributed by atoms with E-state index in [1.807, 2.05) is 117 Å². The van der Waals surface area contributed by atoms with Crippen LogP contribution in [-0.2, 0) is 6.42 Å². The van der Waals surface area contributed by atoms with Crippen LogP contribution in [0.25, 0.3) is 88.6 Å². The first-order valence-corrected chi connectivity index (χ1v) is 27.8. The van der Waals surface area contributed by atoms with E-state index < -0.39 is 6.10 Å². The number of aryl methyl sites for hydroxylation is 8. The monoisotopic (exact) mass is 1160 g/mol. The number of pyridine rings is 7. The smallest absolute Gasteiger partial charge is 0.196 e. The van der Waals surface area contributed by atoms with Gasteiger partial charge >= 0.3 is 0 Å². The summed E-state index contributed by atoms with van der Waals surface area (Å²) in [5.74, 6) is 3.03. The minimum absolute atomic E-state index is 0.0907. The summed E-state index contributed by atoms with van der Waals surface area (Å²) in [5.41, 5.74) is 19.3. The van der Waals surface area contributed by atoms with Gasteiger partial charge in [-0.3, -0.25) is 19.7 Å². The number of ketones is 1. The van der Waals surface area contributed by atoms with E-state index in [1.54, 1.807) is 74.0 Å². The summed E-state index contributed by atoms with van der Waals surface area (Å²) in [6, 6.07) is 21.4. The van der Waals surface area contributed by atoms with E-state index >= 15 is 0 Å². The first-order chi connectivity index (χ1) is 42.3. The number of aromatic amines is 4. The maximum atomic E-state index is 12.7. The second kappa shape index (κ2) is 24.1. The summed E-state index contributed by atoms with van der Waals surface area (Å²) in [6.07, 6.45) is 24.9. The summed E-state index contributed by atoms with van der Waals surface area (Å²) in [5, 5.41) is 30.5. The van der Waals surface area contributed by atoms with Crippen LogP contribution >= 0.6 is 0 Å². The summed E-state index contributed by atoms with van der Waals surface area (Å²) in [7, 11) is 0. The molecule has 21 nitrogen and oxygen atoms in total. The van der Waals surface area contributed by atoms with Gasteiger partial charge in [0.1, 0.15) is 51.7 Å². The van der Waals surface area contributed by atoms with Crippen LogP contribution in [0.5, 0.6) is 0 Å². The van der Waals surface area contributed by atoms with Crippen molar-refractivity contribution < 1.29 is 28.0 Å². The number of hydrogen-bond donors (Lipinski definition) is 5. The van der Waals surface area contributed by atoms with E-state index in [1.165, 1.54) is 11.1 Å². The SMILES string of the molecule is Cc1noc(C)c1-c1cnc2[nH]cc(C(=O)c3cccnc3)c2c1.Cc1noc(C)c1-c1cnc2[nH]cc(C(O)c3cccnc3)c2c1.Cc1noc(C)c1-c1cnc2[nH]cc(Cc3cccnc3)c2c1.Cc1noc(C)c1-c1cnc2[nH]ccc2c1. The first kappa shape index (κ1) is 56.2. The van der Waals surface area contributed by atoms with Gasteiger partial charge in [-0.25, -0.2) is 19.9 Å². The topological polar surface area (TPSA) is 295 Å². The lowest BCUT2D eigenvalue weighted by Gasteiger charge is -2.10. The third kappa shape index (κ3) is 11.4. The lowest BCUT2D eigenvalue weighted by atomic mass is 10.0. The number of fused-ring (bicyclic) bond motifs is 4. The van der Waals surface area contributed by atoms with Crippen molar-refractivity contribution in [1.82, 2.24) is 75.5 Å². The Labute approximate surface area is 496 Å². The second-order valence-electron chi connectivity index (χ2n) is 20.9. The summed E-state index contributed by atoms with van der Waals surface area (Å²) < 4.78 is 20.9. The Morgan fingerprint density at radius 2 is 0.954 bits per heavy atom. The maximum Gasteiger partial charge on any atom is 0.196 e. The quantitative estimate of drug-likeness (QED) is 0.0795. The molecule has 0 aliphatic carbocycles. The van der Waals surface area contributed by atoms with Crippen molar-refractivity contribution in [2.75, 3.05) is 0 Å². The fourth-order valence-electron chi connectivity index (χ4n) is 10.8. The third-order valence-corrected chi connectivity index (χ3v) is 15.0. The van der Waals surface area contributed by atoms with Gasteiger partial charge < -0.3 is 43.1 Å². The largest absolute Gasteiger partial charge is 0.384 e. The molecule has 0 aliphatic heterocycles. The van der Waals surface area contributed by atoms with E-state index in [2.05, 4.69) is 93.6 Å². The summed E-state index contributed by atoms with van der Waals surface area (Å²) in [6.45, 7) is 15.2. The highest BCUT2D eigenvalue weighted by Gasteiger charge is 2.22. The molecule has 15 aromatic rings. The Hall–Kier alpha value is -11.3. The molecule has 0 amide bonds. The van der Waals surface area contributed by atoms with E-state index in [0.29, 0.717) is 16.8 Å². The van der Waals surface area contributed by atoms with Crippen LogP contribution in [0, 0.1) is 55.4 Å². The molecule has 15 rings (SSSR count). The fourth-order valence-corrected chi connectivity index (χ4v) is 10.8. The average Bonchev–Trinajstić information content (AvgIpc) is 2.49. The number of carbonyl (C=O) groups is 1. The Bertz CT molecular complexity index is 4820. The van der Waals surface area contributed by atoms with Crippen LogP contribution in [0.1, 0.15) is 90.1 Å². The molecular formula is C66H57N15O6. The van der Waals surface area contributed by atoms with Crippen molar-refractivity contribution in [3.8, 4) is 44.5 Å². The lowest BCUT2D eigenvalue weighted by molar-refractivity contribution is 0.104. The third-order valence-electron chi connectivity index (χ3n) is 15.0. The van der Waals surface area contributed by atoms with Crippen LogP contribution in [0.3, 0.4) is 0 Å². The van der Waals surface area contributed by atoms with Crippen molar-refractivity contribution in [3.05, 3.63) is 233 Å². The number of nitrogens with one attached hydrogen (secondary N) is 4. The molecule has 1 unspecified atom stereocenters. The highest BCUT2D eigenvalue weighted by Crippen LogP contribution is 2.35. The maximum absolute atomic E-state index is 12.7. The zero-order valence-corrected chi connectivity index (χ0v) is 48.6. The molecule has 0 saturated heterocycles. The molecule has 0 spiro atoms. The van der Waals surface area contributed by atoms with E-state index in [0.717, 1.165) is 146 Å². The molecule has 0 bridgehead atoms. The number of aromatic nitrogens is 15. The van der Waals surface area contributed by atoms with Crippen molar-refractivity contribution in [2.45, 2.75) is 67.9 Å².